The first kappa shape index (κ1) is 17.6. The number of anilines is 3. The van der Waals surface area contributed by atoms with E-state index in [9.17, 15) is 0 Å². The molecule has 1 nitrogen and oxygen atoms in total. The molecular formula is C21H25NSSn. The van der Waals surface area contributed by atoms with E-state index in [-0.39, 0.29) is 0 Å². The van der Waals surface area contributed by atoms with E-state index in [1.807, 2.05) is 11.3 Å². The number of hydrogen-bond acceptors (Lipinski definition) is 2. The Labute approximate surface area is 153 Å². The van der Waals surface area contributed by atoms with Gasteiger partial charge in [-0.2, -0.15) is 0 Å². The summed E-state index contributed by atoms with van der Waals surface area (Å²) in [5, 5.41) is 1.31. The van der Waals surface area contributed by atoms with E-state index in [4.69, 9.17) is 0 Å². The first-order valence-corrected chi connectivity index (χ1v) is 19.2. The summed E-state index contributed by atoms with van der Waals surface area (Å²) in [6.07, 6.45) is 0. The summed E-state index contributed by atoms with van der Waals surface area (Å²) < 4.78 is 1.61. The number of aryl methyl sites for hydroxylation is 2. The molecule has 3 rings (SSSR count). The fraction of sp³-hybridized carbons (Fsp3) is 0.238. The van der Waals surface area contributed by atoms with Crippen LogP contribution in [0.25, 0.3) is 0 Å². The molecule has 0 aliphatic carbocycles. The molecule has 0 amide bonds. The SMILES string of the molecule is Cc1ccc(N(c2ccc(C)cc2)c2cc[c]([Sn]([CH3])([CH3])[CH3])s2)cc1. The molecule has 0 unspecified atom stereocenters. The van der Waals surface area contributed by atoms with Crippen LogP contribution < -0.4 is 7.79 Å². The zero-order chi connectivity index (χ0) is 17.3. The molecule has 124 valence electrons. The molecule has 0 saturated carbocycles. The van der Waals surface area contributed by atoms with E-state index in [0.717, 1.165) is 0 Å². The zero-order valence-electron chi connectivity index (χ0n) is 15.1. The normalized spacial score (nSPS) is 11.5. The molecule has 3 aromatic rings. The quantitative estimate of drug-likeness (QED) is 0.424. The third-order valence-corrected chi connectivity index (χ3v) is 14.7. The van der Waals surface area contributed by atoms with E-state index in [0.29, 0.717) is 0 Å². The third-order valence-electron chi connectivity index (χ3n) is 4.14. The van der Waals surface area contributed by atoms with Gasteiger partial charge in [0.25, 0.3) is 0 Å². The second kappa shape index (κ2) is 6.93. The second-order valence-corrected chi connectivity index (χ2v) is 23.9. The van der Waals surface area contributed by atoms with E-state index in [2.05, 4.69) is 94.2 Å². The van der Waals surface area contributed by atoms with Gasteiger partial charge >= 0.3 is 154 Å². The Balaban J connectivity index is 2.09. The van der Waals surface area contributed by atoms with Crippen LogP contribution in [0.15, 0.2) is 60.7 Å². The topological polar surface area (TPSA) is 3.24 Å². The molecule has 0 radical (unpaired) electrons. The molecule has 0 atom stereocenters. The molecule has 0 aliphatic heterocycles. The van der Waals surface area contributed by atoms with Crippen molar-refractivity contribution in [3.8, 4) is 0 Å². The van der Waals surface area contributed by atoms with Gasteiger partial charge in [0, 0.05) is 0 Å². The van der Waals surface area contributed by atoms with Crippen LogP contribution in [0.4, 0.5) is 16.4 Å². The van der Waals surface area contributed by atoms with Crippen LogP contribution in [-0.4, -0.2) is 18.4 Å². The van der Waals surface area contributed by atoms with E-state index in [1.54, 1.807) is 2.89 Å². The fourth-order valence-corrected chi connectivity index (χ4v) is 8.93. The molecule has 1 heterocycles. The summed E-state index contributed by atoms with van der Waals surface area (Å²) in [5.74, 6) is 0. The Morgan fingerprint density at radius 2 is 1.12 bits per heavy atom. The molecule has 24 heavy (non-hydrogen) atoms. The van der Waals surface area contributed by atoms with E-state index >= 15 is 0 Å². The van der Waals surface area contributed by atoms with Gasteiger partial charge in [0.1, 0.15) is 0 Å². The maximum atomic E-state index is 2.48. The second-order valence-electron chi connectivity index (χ2n) is 7.39. The Kier molecular flexibility index (Phi) is 5.07. The van der Waals surface area contributed by atoms with Gasteiger partial charge in [-0.25, -0.2) is 0 Å². The van der Waals surface area contributed by atoms with Crippen LogP contribution >= 0.6 is 11.3 Å². The Hall–Kier alpha value is -1.26. The first-order valence-electron chi connectivity index (χ1n) is 8.38. The summed E-state index contributed by atoms with van der Waals surface area (Å²) >= 11 is -0.0696. The molecule has 0 fully saturated rings. The summed E-state index contributed by atoms with van der Waals surface area (Å²) in [7, 11) is 0. The van der Waals surface area contributed by atoms with Gasteiger partial charge < -0.3 is 0 Å². The Bertz CT molecular complexity index is 765. The monoisotopic (exact) mass is 443 g/mol. The van der Waals surface area contributed by atoms with Crippen molar-refractivity contribution in [1.29, 1.82) is 0 Å². The van der Waals surface area contributed by atoms with Crippen molar-refractivity contribution in [2.45, 2.75) is 28.7 Å². The Morgan fingerprint density at radius 1 is 0.667 bits per heavy atom. The number of nitrogens with zero attached hydrogens (tertiary/aromatic N) is 1. The molecule has 0 saturated heterocycles. The molecule has 3 heteroatoms. The van der Waals surface area contributed by atoms with Gasteiger partial charge in [-0.05, 0) is 0 Å². The maximum absolute atomic E-state index is 2.48. The third kappa shape index (κ3) is 3.86. The number of benzene rings is 2. The number of hydrogen-bond donors (Lipinski definition) is 0. The zero-order valence-corrected chi connectivity index (χ0v) is 18.8. The summed E-state index contributed by atoms with van der Waals surface area (Å²) in [6, 6.07) is 22.3. The van der Waals surface area contributed by atoms with Crippen LogP contribution in [0.1, 0.15) is 11.1 Å². The van der Waals surface area contributed by atoms with Gasteiger partial charge in [0.15, 0.2) is 0 Å². The molecule has 0 aliphatic rings. The van der Waals surface area contributed by atoms with Crippen LogP contribution in [0.2, 0.25) is 14.8 Å². The molecule has 0 spiro atoms. The van der Waals surface area contributed by atoms with Gasteiger partial charge in [-0.1, -0.05) is 0 Å². The summed E-state index contributed by atoms with van der Waals surface area (Å²) in [4.78, 5) is 9.82. The molecular weight excluding hydrogens is 417 g/mol. The van der Waals surface area contributed by atoms with Crippen molar-refractivity contribution in [3.63, 3.8) is 0 Å². The van der Waals surface area contributed by atoms with Crippen LogP contribution in [0.5, 0.6) is 0 Å². The van der Waals surface area contributed by atoms with E-state index in [1.165, 1.54) is 27.5 Å². The molecule has 0 bridgehead atoms. The van der Waals surface area contributed by atoms with Gasteiger partial charge in [0.2, 0.25) is 0 Å². The van der Waals surface area contributed by atoms with Crippen LogP contribution in [0, 0.1) is 13.8 Å². The minimum atomic E-state index is -2.03. The standard InChI is InChI=1S/C18H16NS.3CH3.Sn/c1-14-5-9-16(10-6-14)19(18-4-3-13-20-18)17-11-7-15(2)8-12-17;;;;/h3-12H,1-2H3;3*1H3;. The van der Waals surface area contributed by atoms with Crippen LogP contribution in [0.3, 0.4) is 0 Å². The predicted octanol–water partition coefficient (Wildman–Crippen LogP) is 6.38. The molecule has 1 aromatic heterocycles. The molecule has 2 aromatic carbocycles. The van der Waals surface area contributed by atoms with Crippen LogP contribution in [-0.2, 0) is 0 Å². The van der Waals surface area contributed by atoms with Crippen molar-refractivity contribution in [2.24, 2.45) is 0 Å². The van der Waals surface area contributed by atoms with E-state index < -0.39 is 18.4 Å². The number of rotatable bonds is 4. The first-order chi connectivity index (χ1) is 11.3. The Morgan fingerprint density at radius 3 is 1.50 bits per heavy atom. The van der Waals surface area contributed by atoms with Crippen molar-refractivity contribution < 1.29 is 0 Å². The summed E-state index contributed by atoms with van der Waals surface area (Å²) in [6.45, 7) is 4.27. The average Bonchev–Trinajstić information content (AvgIpc) is 3.01. The van der Waals surface area contributed by atoms with Gasteiger partial charge in [-0.15, -0.1) is 0 Å². The number of thiophene rings is 1. The van der Waals surface area contributed by atoms with Crippen molar-refractivity contribution in [1.82, 2.24) is 0 Å². The van der Waals surface area contributed by atoms with Crippen molar-refractivity contribution in [3.05, 3.63) is 71.8 Å². The minimum absolute atomic E-state index is 1.22. The average molecular weight is 442 g/mol. The van der Waals surface area contributed by atoms with Crippen molar-refractivity contribution in [2.75, 3.05) is 4.90 Å². The van der Waals surface area contributed by atoms with Crippen molar-refractivity contribution >= 4 is 49.0 Å². The molecule has 0 N–H and O–H groups in total. The van der Waals surface area contributed by atoms with Gasteiger partial charge in [-0.3, -0.25) is 0 Å². The van der Waals surface area contributed by atoms with Gasteiger partial charge in [0.05, 0.1) is 0 Å². The fourth-order valence-electron chi connectivity index (χ4n) is 2.64. The predicted molar refractivity (Wildman–Crippen MR) is 111 cm³/mol. The summed E-state index contributed by atoms with van der Waals surface area (Å²) in [5.41, 5.74) is 5.03.